The molecule has 1 N–H and O–H groups in total. The van der Waals surface area contributed by atoms with Gasteiger partial charge < -0.3 is 15.0 Å². The van der Waals surface area contributed by atoms with E-state index in [2.05, 4.69) is 10.3 Å². The Hall–Kier alpha value is -2.31. The monoisotopic (exact) mass is 393 g/mol. The second-order valence-electron chi connectivity index (χ2n) is 6.04. The van der Waals surface area contributed by atoms with Crippen molar-refractivity contribution in [1.29, 1.82) is 0 Å². The number of aromatic nitrogens is 1. The van der Waals surface area contributed by atoms with Crippen LogP contribution in [0.5, 0.6) is 11.6 Å². The standard InChI is InChI=1S/C18H17Cl2N3O3/c1-23(10-15(24)22-12-6-7-12)18(25)11-5-8-16(21-9-11)26-14-4-2-3-13(19)17(14)20/h2-5,8-9,12H,6-7,10H2,1H3,(H,22,24). The van der Waals surface area contributed by atoms with Gasteiger partial charge >= 0.3 is 0 Å². The SMILES string of the molecule is CN(CC(=O)NC1CC1)C(=O)c1ccc(Oc2cccc(Cl)c2Cl)nc1. The van der Waals surface area contributed by atoms with Gasteiger partial charge in [-0.1, -0.05) is 29.3 Å². The van der Waals surface area contributed by atoms with E-state index in [-0.39, 0.29) is 35.3 Å². The lowest BCUT2D eigenvalue weighted by Gasteiger charge is -2.16. The Bertz CT molecular complexity index is 823. The molecule has 1 aliphatic carbocycles. The number of ether oxygens (including phenoxy) is 1. The number of pyridine rings is 1. The zero-order valence-corrected chi connectivity index (χ0v) is 15.5. The molecule has 1 aromatic heterocycles. The van der Waals surface area contributed by atoms with Gasteiger partial charge in [0, 0.05) is 25.4 Å². The number of halogens is 2. The molecule has 0 saturated heterocycles. The highest BCUT2D eigenvalue weighted by molar-refractivity contribution is 6.42. The van der Waals surface area contributed by atoms with Gasteiger partial charge in [0.15, 0.2) is 0 Å². The molecule has 0 bridgehead atoms. The Morgan fingerprint density at radius 2 is 2.04 bits per heavy atom. The van der Waals surface area contributed by atoms with Crippen LogP contribution in [0, 0.1) is 0 Å². The molecule has 1 fully saturated rings. The van der Waals surface area contributed by atoms with Crippen LogP contribution in [-0.4, -0.2) is 41.3 Å². The fourth-order valence-corrected chi connectivity index (χ4v) is 2.58. The molecule has 0 spiro atoms. The Balaban J connectivity index is 1.61. The summed E-state index contributed by atoms with van der Waals surface area (Å²) in [6.07, 6.45) is 3.41. The first kappa shape index (κ1) is 18.5. The summed E-state index contributed by atoms with van der Waals surface area (Å²) in [5.41, 5.74) is 0.358. The van der Waals surface area contributed by atoms with E-state index in [4.69, 9.17) is 27.9 Å². The molecule has 2 amide bonds. The van der Waals surface area contributed by atoms with Crippen LogP contribution in [0.2, 0.25) is 10.0 Å². The van der Waals surface area contributed by atoms with Gasteiger partial charge in [0.25, 0.3) is 5.91 Å². The van der Waals surface area contributed by atoms with Gasteiger partial charge in [0.2, 0.25) is 11.8 Å². The lowest BCUT2D eigenvalue weighted by Crippen LogP contribution is -2.39. The molecule has 0 atom stereocenters. The average Bonchev–Trinajstić information content (AvgIpc) is 3.42. The zero-order chi connectivity index (χ0) is 18.7. The van der Waals surface area contributed by atoms with Crippen molar-refractivity contribution in [2.45, 2.75) is 18.9 Å². The number of carbonyl (C=O) groups excluding carboxylic acids is 2. The van der Waals surface area contributed by atoms with Crippen LogP contribution in [0.4, 0.5) is 0 Å². The molecule has 1 aliphatic rings. The number of hydrogen-bond donors (Lipinski definition) is 1. The predicted molar refractivity (Wildman–Crippen MR) is 98.9 cm³/mol. The fourth-order valence-electron chi connectivity index (χ4n) is 2.25. The summed E-state index contributed by atoms with van der Waals surface area (Å²) >= 11 is 12.0. The third-order valence-electron chi connectivity index (χ3n) is 3.78. The summed E-state index contributed by atoms with van der Waals surface area (Å²) in [6, 6.07) is 8.44. The first-order chi connectivity index (χ1) is 12.4. The number of likely N-dealkylation sites (N-methyl/N-ethyl adjacent to an activating group) is 1. The topological polar surface area (TPSA) is 71.5 Å². The number of amides is 2. The smallest absolute Gasteiger partial charge is 0.255 e. The van der Waals surface area contributed by atoms with Crippen molar-refractivity contribution in [3.05, 3.63) is 52.1 Å². The molecular formula is C18H17Cl2N3O3. The van der Waals surface area contributed by atoms with E-state index >= 15 is 0 Å². The molecule has 0 radical (unpaired) electrons. The second-order valence-corrected chi connectivity index (χ2v) is 6.83. The third kappa shape index (κ3) is 4.65. The van der Waals surface area contributed by atoms with Crippen molar-refractivity contribution < 1.29 is 14.3 Å². The second kappa shape index (κ2) is 7.93. The highest BCUT2D eigenvalue weighted by atomic mass is 35.5. The van der Waals surface area contributed by atoms with Crippen LogP contribution in [0.25, 0.3) is 0 Å². The largest absolute Gasteiger partial charge is 0.437 e. The molecule has 1 aromatic carbocycles. The minimum atomic E-state index is -0.296. The Kier molecular flexibility index (Phi) is 5.64. The van der Waals surface area contributed by atoms with Crippen molar-refractivity contribution in [3.8, 4) is 11.6 Å². The lowest BCUT2D eigenvalue weighted by molar-refractivity contribution is -0.121. The molecule has 6 nitrogen and oxygen atoms in total. The van der Waals surface area contributed by atoms with Gasteiger partial charge in [-0.3, -0.25) is 9.59 Å². The molecule has 2 aromatic rings. The third-order valence-corrected chi connectivity index (χ3v) is 4.59. The van der Waals surface area contributed by atoms with E-state index < -0.39 is 0 Å². The van der Waals surface area contributed by atoms with Crippen LogP contribution < -0.4 is 10.1 Å². The number of benzene rings is 1. The lowest BCUT2D eigenvalue weighted by atomic mass is 10.2. The molecular weight excluding hydrogens is 377 g/mol. The van der Waals surface area contributed by atoms with Gasteiger partial charge in [-0.05, 0) is 31.0 Å². The van der Waals surface area contributed by atoms with Crippen LogP contribution >= 0.6 is 23.2 Å². The quantitative estimate of drug-likeness (QED) is 0.814. The average molecular weight is 394 g/mol. The van der Waals surface area contributed by atoms with Gasteiger partial charge in [-0.15, -0.1) is 0 Å². The maximum atomic E-state index is 12.4. The van der Waals surface area contributed by atoms with Crippen molar-refractivity contribution in [1.82, 2.24) is 15.2 Å². The first-order valence-corrected chi connectivity index (χ1v) is 8.82. The van der Waals surface area contributed by atoms with E-state index in [0.717, 1.165) is 12.8 Å². The minimum absolute atomic E-state index is 0.00566. The number of carbonyl (C=O) groups is 2. The summed E-state index contributed by atoms with van der Waals surface area (Å²) in [7, 11) is 1.57. The number of rotatable bonds is 6. The van der Waals surface area contributed by atoms with Gasteiger partial charge in [0.1, 0.15) is 10.8 Å². The normalized spacial score (nSPS) is 13.2. The molecule has 8 heteroatoms. The molecule has 1 saturated carbocycles. The van der Waals surface area contributed by atoms with E-state index in [0.29, 0.717) is 16.3 Å². The summed E-state index contributed by atoms with van der Waals surface area (Å²) in [4.78, 5) is 29.6. The summed E-state index contributed by atoms with van der Waals surface area (Å²) in [5.74, 6) is 0.196. The van der Waals surface area contributed by atoms with Crippen molar-refractivity contribution in [2.75, 3.05) is 13.6 Å². The molecule has 136 valence electrons. The number of hydrogen-bond acceptors (Lipinski definition) is 4. The van der Waals surface area contributed by atoms with E-state index in [1.165, 1.54) is 11.1 Å². The molecule has 0 aliphatic heterocycles. The van der Waals surface area contributed by atoms with Crippen LogP contribution in [0.15, 0.2) is 36.5 Å². The van der Waals surface area contributed by atoms with Gasteiger partial charge in [-0.25, -0.2) is 4.98 Å². The summed E-state index contributed by atoms with van der Waals surface area (Å²) in [5, 5.41) is 3.51. The van der Waals surface area contributed by atoms with E-state index in [1.54, 1.807) is 37.4 Å². The molecule has 1 heterocycles. The van der Waals surface area contributed by atoms with Crippen molar-refractivity contribution in [3.63, 3.8) is 0 Å². The molecule has 3 rings (SSSR count). The Morgan fingerprint density at radius 1 is 1.27 bits per heavy atom. The maximum Gasteiger partial charge on any atom is 0.255 e. The predicted octanol–water partition coefficient (Wildman–Crippen LogP) is 3.53. The van der Waals surface area contributed by atoms with Crippen molar-refractivity contribution >= 4 is 35.0 Å². The highest BCUT2D eigenvalue weighted by Gasteiger charge is 2.24. The molecule has 0 unspecified atom stereocenters. The minimum Gasteiger partial charge on any atom is -0.437 e. The zero-order valence-electron chi connectivity index (χ0n) is 14.0. The Labute approximate surface area is 161 Å². The Morgan fingerprint density at radius 3 is 2.69 bits per heavy atom. The van der Waals surface area contributed by atoms with Gasteiger partial charge in [0.05, 0.1) is 17.1 Å². The van der Waals surface area contributed by atoms with E-state index in [9.17, 15) is 9.59 Å². The highest BCUT2D eigenvalue weighted by Crippen LogP contribution is 2.33. The summed E-state index contributed by atoms with van der Waals surface area (Å²) in [6.45, 7) is 0.00566. The number of nitrogens with zero attached hydrogens (tertiary/aromatic N) is 2. The fraction of sp³-hybridized carbons (Fsp3) is 0.278. The van der Waals surface area contributed by atoms with Crippen molar-refractivity contribution in [2.24, 2.45) is 0 Å². The van der Waals surface area contributed by atoms with Crippen LogP contribution in [-0.2, 0) is 4.79 Å². The van der Waals surface area contributed by atoms with E-state index in [1.807, 2.05) is 0 Å². The summed E-state index contributed by atoms with van der Waals surface area (Å²) < 4.78 is 5.58. The maximum absolute atomic E-state index is 12.4. The first-order valence-electron chi connectivity index (χ1n) is 8.07. The van der Waals surface area contributed by atoms with Gasteiger partial charge in [-0.2, -0.15) is 0 Å². The van der Waals surface area contributed by atoms with Crippen LogP contribution in [0.3, 0.4) is 0 Å². The number of nitrogens with one attached hydrogen (secondary N) is 1. The molecule has 26 heavy (non-hydrogen) atoms. The van der Waals surface area contributed by atoms with Crippen LogP contribution in [0.1, 0.15) is 23.2 Å².